The molecule has 2 aromatic rings. The van der Waals surface area contributed by atoms with E-state index in [1.807, 2.05) is 43.3 Å². The SMILES string of the molecule is CCc1cccc(CC)c1NC(=O)COc1ccc(C)cc1Br. The second-order valence-electron chi connectivity index (χ2n) is 5.43. The van der Waals surface area contributed by atoms with Gasteiger partial charge in [0, 0.05) is 5.69 Å². The van der Waals surface area contributed by atoms with Gasteiger partial charge < -0.3 is 10.1 Å². The number of para-hydroxylation sites is 1. The number of amides is 1. The maximum absolute atomic E-state index is 12.2. The van der Waals surface area contributed by atoms with Crippen molar-refractivity contribution in [3.63, 3.8) is 0 Å². The van der Waals surface area contributed by atoms with Crippen LogP contribution in [0, 0.1) is 6.92 Å². The molecule has 2 aromatic carbocycles. The number of hydrogen-bond acceptors (Lipinski definition) is 2. The zero-order valence-corrected chi connectivity index (χ0v) is 15.4. The van der Waals surface area contributed by atoms with Gasteiger partial charge in [0.15, 0.2) is 6.61 Å². The first kappa shape index (κ1) is 17.5. The van der Waals surface area contributed by atoms with Crippen molar-refractivity contribution in [2.45, 2.75) is 33.6 Å². The number of benzene rings is 2. The van der Waals surface area contributed by atoms with Crippen LogP contribution in [0.4, 0.5) is 5.69 Å². The van der Waals surface area contributed by atoms with Gasteiger partial charge in [0.2, 0.25) is 0 Å². The predicted molar refractivity (Wildman–Crippen MR) is 98.2 cm³/mol. The van der Waals surface area contributed by atoms with Gasteiger partial charge in [-0.1, -0.05) is 38.1 Å². The average molecular weight is 376 g/mol. The van der Waals surface area contributed by atoms with Crippen LogP contribution in [0.3, 0.4) is 0 Å². The zero-order chi connectivity index (χ0) is 16.8. The van der Waals surface area contributed by atoms with Crippen LogP contribution in [-0.4, -0.2) is 12.5 Å². The van der Waals surface area contributed by atoms with Crippen molar-refractivity contribution in [3.05, 3.63) is 57.6 Å². The van der Waals surface area contributed by atoms with Crippen LogP contribution in [0.15, 0.2) is 40.9 Å². The van der Waals surface area contributed by atoms with Gasteiger partial charge in [-0.15, -0.1) is 0 Å². The van der Waals surface area contributed by atoms with Crippen LogP contribution in [0.1, 0.15) is 30.5 Å². The summed E-state index contributed by atoms with van der Waals surface area (Å²) in [5.74, 6) is 0.526. The summed E-state index contributed by atoms with van der Waals surface area (Å²) in [6, 6.07) is 11.9. The van der Waals surface area contributed by atoms with Crippen LogP contribution >= 0.6 is 15.9 Å². The van der Waals surface area contributed by atoms with Gasteiger partial charge in [0.25, 0.3) is 5.91 Å². The molecule has 1 N–H and O–H groups in total. The topological polar surface area (TPSA) is 38.3 Å². The van der Waals surface area contributed by atoms with E-state index in [4.69, 9.17) is 4.74 Å². The highest BCUT2D eigenvalue weighted by atomic mass is 79.9. The number of nitrogens with one attached hydrogen (secondary N) is 1. The van der Waals surface area contributed by atoms with Crippen LogP contribution in [0.2, 0.25) is 0 Å². The number of aryl methyl sites for hydroxylation is 3. The first-order chi connectivity index (χ1) is 11.0. The summed E-state index contributed by atoms with van der Waals surface area (Å²) in [6.45, 7) is 6.17. The summed E-state index contributed by atoms with van der Waals surface area (Å²) >= 11 is 3.45. The van der Waals surface area contributed by atoms with E-state index in [2.05, 4.69) is 35.1 Å². The largest absolute Gasteiger partial charge is 0.483 e. The van der Waals surface area contributed by atoms with E-state index in [0.717, 1.165) is 39.7 Å². The van der Waals surface area contributed by atoms with Crippen molar-refractivity contribution in [1.29, 1.82) is 0 Å². The minimum Gasteiger partial charge on any atom is -0.483 e. The van der Waals surface area contributed by atoms with Crippen molar-refractivity contribution < 1.29 is 9.53 Å². The Balaban J connectivity index is 2.05. The highest BCUT2D eigenvalue weighted by molar-refractivity contribution is 9.10. The molecule has 0 aliphatic carbocycles. The number of hydrogen-bond donors (Lipinski definition) is 1. The molecule has 0 atom stereocenters. The highest BCUT2D eigenvalue weighted by Crippen LogP contribution is 2.26. The number of ether oxygens (including phenoxy) is 1. The number of rotatable bonds is 6. The standard InChI is InChI=1S/C19H22BrNO2/c1-4-14-7-6-8-15(5-2)19(14)21-18(22)12-23-17-10-9-13(3)11-16(17)20/h6-11H,4-5,12H2,1-3H3,(H,21,22). The lowest BCUT2D eigenvalue weighted by Crippen LogP contribution is -2.22. The fourth-order valence-corrected chi connectivity index (χ4v) is 3.05. The predicted octanol–water partition coefficient (Wildman–Crippen LogP) is 4.90. The third-order valence-electron chi connectivity index (χ3n) is 3.71. The van der Waals surface area contributed by atoms with Crippen LogP contribution in [0.5, 0.6) is 5.75 Å². The molecule has 0 unspecified atom stereocenters. The van der Waals surface area contributed by atoms with Gasteiger partial charge in [-0.25, -0.2) is 0 Å². The quantitative estimate of drug-likeness (QED) is 0.779. The minimum absolute atomic E-state index is 0.0110. The maximum Gasteiger partial charge on any atom is 0.262 e. The summed E-state index contributed by atoms with van der Waals surface area (Å²) < 4.78 is 6.47. The fraction of sp³-hybridized carbons (Fsp3) is 0.316. The molecule has 0 heterocycles. The van der Waals surface area contributed by atoms with E-state index in [1.54, 1.807) is 0 Å². The van der Waals surface area contributed by atoms with Crippen molar-refractivity contribution >= 4 is 27.5 Å². The molecule has 4 heteroatoms. The Bertz CT molecular complexity index is 676. The molecule has 2 rings (SSSR count). The smallest absolute Gasteiger partial charge is 0.262 e. The lowest BCUT2D eigenvalue weighted by molar-refractivity contribution is -0.118. The molecule has 0 fully saturated rings. The second-order valence-corrected chi connectivity index (χ2v) is 6.28. The van der Waals surface area contributed by atoms with Crippen molar-refractivity contribution in [3.8, 4) is 5.75 Å². The molecule has 0 aliphatic heterocycles. The monoisotopic (exact) mass is 375 g/mol. The van der Waals surface area contributed by atoms with E-state index in [9.17, 15) is 4.79 Å². The zero-order valence-electron chi connectivity index (χ0n) is 13.8. The van der Waals surface area contributed by atoms with Crippen molar-refractivity contribution in [1.82, 2.24) is 0 Å². The molecule has 0 aliphatic rings. The molecule has 23 heavy (non-hydrogen) atoms. The Hall–Kier alpha value is -1.81. The highest BCUT2D eigenvalue weighted by Gasteiger charge is 2.11. The molecule has 1 amide bonds. The number of carbonyl (C=O) groups is 1. The van der Waals surface area contributed by atoms with Crippen LogP contribution in [0.25, 0.3) is 0 Å². The summed E-state index contributed by atoms with van der Waals surface area (Å²) in [5, 5.41) is 3.00. The first-order valence-corrected chi connectivity index (χ1v) is 8.64. The lowest BCUT2D eigenvalue weighted by atomic mass is 10.0. The van der Waals surface area contributed by atoms with Gasteiger partial charge in [-0.3, -0.25) is 4.79 Å². The Morgan fingerprint density at radius 2 is 1.78 bits per heavy atom. The third kappa shape index (κ3) is 4.58. The Morgan fingerprint density at radius 3 is 2.35 bits per heavy atom. The number of halogens is 1. The van der Waals surface area contributed by atoms with E-state index in [1.165, 1.54) is 0 Å². The Labute approximate surface area is 146 Å². The molecule has 0 saturated heterocycles. The Kier molecular flexibility index (Phi) is 6.22. The maximum atomic E-state index is 12.2. The molecular formula is C19H22BrNO2. The number of anilines is 1. The lowest BCUT2D eigenvalue weighted by Gasteiger charge is -2.15. The third-order valence-corrected chi connectivity index (χ3v) is 4.33. The van der Waals surface area contributed by atoms with E-state index >= 15 is 0 Å². The minimum atomic E-state index is -0.145. The van der Waals surface area contributed by atoms with E-state index in [-0.39, 0.29) is 12.5 Å². The number of carbonyl (C=O) groups excluding carboxylic acids is 1. The van der Waals surface area contributed by atoms with Crippen molar-refractivity contribution in [2.75, 3.05) is 11.9 Å². The van der Waals surface area contributed by atoms with Crippen LogP contribution in [-0.2, 0) is 17.6 Å². The normalized spacial score (nSPS) is 10.4. The second kappa shape index (κ2) is 8.16. The molecule has 0 bridgehead atoms. The fourth-order valence-electron chi connectivity index (χ4n) is 2.44. The van der Waals surface area contributed by atoms with Gasteiger partial charge in [0.1, 0.15) is 5.75 Å². The van der Waals surface area contributed by atoms with Gasteiger partial charge in [-0.05, 0) is 64.5 Å². The summed E-state index contributed by atoms with van der Waals surface area (Å²) in [5.41, 5.74) is 4.36. The summed E-state index contributed by atoms with van der Waals surface area (Å²) in [4.78, 5) is 12.2. The molecule has 0 aromatic heterocycles. The van der Waals surface area contributed by atoms with Gasteiger partial charge in [-0.2, -0.15) is 0 Å². The van der Waals surface area contributed by atoms with E-state index in [0.29, 0.717) is 5.75 Å². The van der Waals surface area contributed by atoms with E-state index < -0.39 is 0 Å². The summed E-state index contributed by atoms with van der Waals surface area (Å²) in [6.07, 6.45) is 1.77. The molecule has 0 radical (unpaired) electrons. The van der Waals surface area contributed by atoms with Gasteiger partial charge >= 0.3 is 0 Å². The average Bonchev–Trinajstić information content (AvgIpc) is 2.54. The first-order valence-electron chi connectivity index (χ1n) is 7.84. The molecule has 0 saturated carbocycles. The van der Waals surface area contributed by atoms with Crippen molar-refractivity contribution in [2.24, 2.45) is 0 Å². The molecular weight excluding hydrogens is 354 g/mol. The molecule has 122 valence electrons. The molecule has 3 nitrogen and oxygen atoms in total. The summed E-state index contributed by atoms with van der Waals surface area (Å²) in [7, 11) is 0. The Morgan fingerprint density at radius 1 is 1.13 bits per heavy atom. The molecule has 0 spiro atoms. The van der Waals surface area contributed by atoms with Crippen LogP contribution < -0.4 is 10.1 Å². The van der Waals surface area contributed by atoms with Gasteiger partial charge in [0.05, 0.1) is 4.47 Å².